The van der Waals surface area contributed by atoms with E-state index >= 15 is 0 Å². The zero-order valence-corrected chi connectivity index (χ0v) is 15.9. The first-order chi connectivity index (χ1) is 14.1. The first-order valence-corrected chi connectivity index (χ1v) is 9.19. The Bertz CT molecular complexity index is 1150. The Balaban J connectivity index is 1.73. The lowest BCUT2D eigenvalue weighted by atomic mass is 10.0. The number of amides is 1. The summed E-state index contributed by atoms with van der Waals surface area (Å²) in [5, 5.41) is 7.04. The van der Waals surface area contributed by atoms with Crippen LogP contribution in [0.15, 0.2) is 77.6 Å². The number of hydrogen-bond acceptors (Lipinski definition) is 4. The largest absolute Gasteiger partial charge is 0.337 e. The molecule has 0 atom stereocenters. The molecule has 0 saturated heterocycles. The summed E-state index contributed by atoms with van der Waals surface area (Å²) in [7, 11) is 0. The first kappa shape index (κ1) is 18.8. The summed E-state index contributed by atoms with van der Waals surface area (Å²) in [5.74, 6) is -0.671. The van der Waals surface area contributed by atoms with E-state index in [1.807, 2.05) is 30.3 Å². The van der Waals surface area contributed by atoms with Crippen molar-refractivity contribution in [1.29, 1.82) is 0 Å². The van der Waals surface area contributed by atoms with Crippen LogP contribution in [0.5, 0.6) is 0 Å². The monoisotopic (exact) mass is 407 g/mol. The van der Waals surface area contributed by atoms with Crippen LogP contribution in [0.25, 0.3) is 22.4 Å². The van der Waals surface area contributed by atoms with Gasteiger partial charge in [-0.05, 0) is 41.5 Å². The van der Waals surface area contributed by atoms with E-state index in [9.17, 15) is 9.18 Å². The number of hydrogen-bond donors (Lipinski definition) is 1. The van der Waals surface area contributed by atoms with Gasteiger partial charge in [0, 0.05) is 23.0 Å². The topological polar surface area (TPSA) is 68.0 Å². The number of carbonyl (C=O) groups is 1. The Morgan fingerprint density at radius 1 is 1.07 bits per heavy atom. The second kappa shape index (κ2) is 8.24. The average Bonchev–Trinajstić information content (AvgIpc) is 3.12. The molecule has 4 aromatic rings. The van der Waals surface area contributed by atoms with Gasteiger partial charge in [0.1, 0.15) is 11.5 Å². The van der Waals surface area contributed by atoms with E-state index in [0.29, 0.717) is 11.1 Å². The van der Waals surface area contributed by atoms with Crippen molar-refractivity contribution in [1.82, 2.24) is 10.1 Å². The first-order valence-electron chi connectivity index (χ1n) is 8.81. The molecular formula is C22H15ClFN3O2. The molecule has 2 aromatic heterocycles. The fourth-order valence-corrected chi connectivity index (χ4v) is 3.14. The molecule has 0 aliphatic rings. The van der Waals surface area contributed by atoms with Crippen LogP contribution in [0, 0.1) is 5.82 Å². The third kappa shape index (κ3) is 4.17. The fraction of sp³-hybridized carbons (Fsp3) is 0.0455. The van der Waals surface area contributed by atoms with Crippen LogP contribution in [0.3, 0.4) is 0 Å². The summed E-state index contributed by atoms with van der Waals surface area (Å²) in [4.78, 5) is 16.5. The minimum Gasteiger partial charge on any atom is -0.337 e. The molecular weight excluding hydrogens is 393 g/mol. The van der Waals surface area contributed by atoms with E-state index in [0.717, 1.165) is 5.56 Å². The van der Waals surface area contributed by atoms with Gasteiger partial charge in [-0.1, -0.05) is 47.1 Å². The van der Waals surface area contributed by atoms with Crippen LogP contribution in [0.1, 0.15) is 5.56 Å². The van der Waals surface area contributed by atoms with E-state index < -0.39 is 5.82 Å². The molecule has 29 heavy (non-hydrogen) atoms. The van der Waals surface area contributed by atoms with Gasteiger partial charge in [-0.3, -0.25) is 15.1 Å². The SMILES string of the molecule is O=C(Cc1ccccc1)Nc1onc(-c2ccc(Cl)cc2F)c1-c1ccncc1. The van der Waals surface area contributed by atoms with Crippen LogP contribution in [-0.2, 0) is 11.2 Å². The van der Waals surface area contributed by atoms with E-state index in [2.05, 4.69) is 15.5 Å². The van der Waals surface area contributed by atoms with Crippen LogP contribution < -0.4 is 5.32 Å². The van der Waals surface area contributed by atoms with Crippen molar-refractivity contribution in [2.75, 3.05) is 5.32 Å². The van der Waals surface area contributed by atoms with Gasteiger partial charge >= 0.3 is 0 Å². The standard InChI is InChI=1S/C22H15ClFN3O2/c23-16-6-7-17(18(24)13-16)21-20(15-8-10-25-11-9-15)22(29-27-21)26-19(28)12-14-4-2-1-3-5-14/h1-11,13H,12H2,(H,26,28). The lowest BCUT2D eigenvalue weighted by molar-refractivity contribution is -0.115. The summed E-state index contributed by atoms with van der Waals surface area (Å²) in [5.41, 5.74) is 2.49. The van der Waals surface area contributed by atoms with Gasteiger partial charge in [0.25, 0.3) is 0 Å². The van der Waals surface area contributed by atoms with Crippen molar-refractivity contribution >= 4 is 23.4 Å². The number of rotatable bonds is 5. The molecule has 144 valence electrons. The number of carbonyl (C=O) groups excluding carboxylic acids is 1. The van der Waals surface area contributed by atoms with E-state index in [1.54, 1.807) is 30.6 Å². The molecule has 0 spiro atoms. The summed E-state index contributed by atoms with van der Waals surface area (Å²) >= 11 is 5.86. The fourth-order valence-electron chi connectivity index (χ4n) is 2.98. The van der Waals surface area contributed by atoms with Crippen molar-refractivity contribution in [3.05, 3.63) is 89.5 Å². The van der Waals surface area contributed by atoms with Crippen LogP contribution >= 0.6 is 11.6 Å². The van der Waals surface area contributed by atoms with Gasteiger partial charge in [-0.25, -0.2) is 4.39 Å². The molecule has 0 aliphatic carbocycles. The molecule has 4 rings (SSSR count). The maximum atomic E-state index is 14.5. The third-order valence-corrected chi connectivity index (χ3v) is 4.54. The third-order valence-electron chi connectivity index (χ3n) is 4.31. The van der Waals surface area contributed by atoms with E-state index in [1.165, 1.54) is 12.1 Å². The number of pyridine rings is 1. The molecule has 0 aliphatic heterocycles. The second-order valence-corrected chi connectivity index (χ2v) is 6.74. The molecule has 1 N–H and O–H groups in total. The zero-order chi connectivity index (χ0) is 20.2. The molecule has 2 aromatic carbocycles. The minimum absolute atomic E-state index is 0.140. The van der Waals surface area contributed by atoms with Crippen LogP contribution in [-0.4, -0.2) is 16.0 Å². The number of anilines is 1. The number of halogens is 2. The molecule has 0 radical (unpaired) electrons. The maximum Gasteiger partial charge on any atom is 0.239 e. The summed E-state index contributed by atoms with van der Waals surface area (Å²) in [6.45, 7) is 0. The normalized spacial score (nSPS) is 10.7. The lowest BCUT2D eigenvalue weighted by Crippen LogP contribution is -2.14. The van der Waals surface area contributed by atoms with Gasteiger partial charge in [0.05, 0.1) is 12.0 Å². The van der Waals surface area contributed by atoms with Crippen molar-refractivity contribution in [3.8, 4) is 22.4 Å². The Morgan fingerprint density at radius 3 is 2.55 bits per heavy atom. The molecule has 2 heterocycles. The highest BCUT2D eigenvalue weighted by Crippen LogP contribution is 2.39. The van der Waals surface area contributed by atoms with Crippen molar-refractivity contribution in [2.45, 2.75) is 6.42 Å². The Kier molecular flexibility index (Phi) is 5.35. The predicted octanol–water partition coefficient (Wildman–Crippen LogP) is 5.38. The highest BCUT2D eigenvalue weighted by molar-refractivity contribution is 6.30. The molecule has 1 amide bonds. The van der Waals surface area contributed by atoms with Crippen molar-refractivity contribution < 1.29 is 13.7 Å². The van der Waals surface area contributed by atoms with Crippen molar-refractivity contribution in [2.24, 2.45) is 0 Å². The van der Waals surface area contributed by atoms with Crippen LogP contribution in [0.2, 0.25) is 5.02 Å². The summed E-state index contributed by atoms with van der Waals surface area (Å²) in [6, 6.07) is 17.1. The average molecular weight is 408 g/mol. The molecule has 0 fully saturated rings. The van der Waals surface area contributed by atoms with E-state index in [-0.39, 0.29) is 34.5 Å². The molecule has 5 nitrogen and oxygen atoms in total. The van der Waals surface area contributed by atoms with Crippen molar-refractivity contribution in [3.63, 3.8) is 0 Å². The molecule has 7 heteroatoms. The maximum absolute atomic E-state index is 14.5. The number of aromatic nitrogens is 2. The van der Waals surface area contributed by atoms with Gasteiger partial charge in [0.2, 0.25) is 11.8 Å². The number of nitrogens with zero attached hydrogens (tertiary/aromatic N) is 2. The highest BCUT2D eigenvalue weighted by Gasteiger charge is 2.23. The highest BCUT2D eigenvalue weighted by atomic mass is 35.5. The Morgan fingerprint density at radius 2 is 1.83 bits per heavy atom. The zero-order valence-electron chi connectivity index (χ0n) is 15.1. The Hall–Kier alpha value is -3.51. The van der Waals surface area contributed by atoms with Crippen LogP contribution in [0.4, 0.5) is 10.3 Å². The number of nitrogens with one attached hydrogen (secondary N) is 1. The minimum atomic E-state index is -0.539. The van der Waals surface area contributed by atoms with Gasteiger partial charge < -0.3 is 4.52 Å². The molecule has 0 saturated carbocycles. The predicted molar refractivity (Wildman–Crippen MR) is 109 cm³/mol. The lowest BCUT2D eigenvalue weighted by Gasteiger charge is -2.07. The second-order valence-electron chi connectivity index (χ2n) is 6.31. The summed E-state index contributed by atoms with van der Waals surface area (Å²) < 4.78 is 19.9. The molecule has 0 bridgehead atoms. The molecule has 0 unspecified atom stereocenters. The Labute approximate surface area is 171 Å². The van der Waals surface area contributed by atoms with Gasteiger partial charge in [-0.2, -0.15) is 0 Å². The van der Waals surface area contributed by atoms with Gasteiger partial charge in [0.15, 0.2) is 0 Å². The smallest absolute Gasteiger partial charge is 0.239 e. The number of benzene rings is 2. The quantitative estimate of drug-likeness (QED) is 0.482. The summed E-state index contributed by atoms with van der Waals surface area (Å²) in [6.07, 6.45) is 3.36. The van der Waals surface area contributed by atoms with Gasteiger partial charge in [-0.15, -0.1) is 0 Å². The van der Waals surface area contributed by atoms with E-state index in [4.69, 9.17) is 16.1 Å².